The standard InChI is InChI=1S/C8H15N3O/c1-2-12-6-5-11-7(9)3-4-8(11)10/h3-4H,2,5-6,9-10H2,1H3. The molecule has 0 saturated heterocycles. The molecule has 1 rings (SSSR count). The van der Waals surface area contributed by atoms with Crippen molar-refractivity contribution in [1.29, 1.82) is 0 Å². The summed E-state index contributed by atoms with van der Waals surface area (Å²) in [5.41, 5.74) is 11.3. The minimum atomic E-state index is 0.652. The number of nitrogen functional groups attached to an aromatic ring is 2. The summed E-state index contributed by atoms with van der Waals surface area (Å²) in [6.45, 7) is 4.06. The maximum absolute atomic E-state index is 5.65. The zero-order valence-corrected chi connectivity index (χ0v) is 7.29. The SMILES string of the molecule is CCOCCn1c(N)ccc1N. The quantitative estimate of drug-likeness (QED) is 0.652. The van der Waals surface area contributed by atoms with Crippen molar-refractivity contribution < 1.29 is 4.74 Å². The number of hydrogen-bond acceptors (Lipinski definition) is 3. The molecule has 0 unspecified atom stereocenters. The van der Waals surface area contributed by atoms with E-state index in [4.69, 9.17) is 16.2 Å². The van der Waals surface area contributed by atoms with Crippen LogP contribution in [0.5, 0.6) is 0 Å². The molecule has 1 aromatic rings. The smallest absolute Gasteiger partial charge is 0.104 e. The highest BCUT2D eigenvalue weighted by Crippen LogP contribution is 2.12. The van der Waals surface area contributed by atoms with Gasteiger partial charge >= 0.3 is 0 Å². The van der Waals surface area contributed by atoms with E-state index in [9.17, 15) is 0 Å². The van der Waals surface area contributed by atoms with E-state index in [2.05, 4.69) is 0 Å². The van der Waals surface area contributed by atoms with Crippen molar-refractivity contribution in [2.45, 2.75) is 13.5 Å². The van der Waals surface area contributed by atoms with Gasteiger partial charge in [-0.3, -0.25) is 0 Å². The summed E-state index contributed by atoms with van der Waals surface area (Å²) in [5.74, 6) is 1.37. The molecule has 4 N–H and O–H groups in total. The highest BCUT2D eigenvalue weighted by molar-refractivity contribution is 5.45. The van der Waals surface area contributed by atoms with Gasteiger partial charge in [0.1, 0.15) is 11.6 Å². The number of ether oxygens (including phenoxy) is 1. The number of rotatable bonds is 4. The van der Waals surface area contributed by atoms with Crippen LogP contribution in [0.15, 0.2) is 12.1 Å². The molecule has 0 spiro atoms. The third-order valence-electron chi connectivity index (χ3n) is 1.71. The van der Waals surface area contributed by atoms with Crippen molar-refractivity contribution >= 4 is 11.6 Å². The van der Waals surface area contributed by atoms with Crippen molar-refractivity contribution in [2.75, 3.05) is 24.7 Å². The fourth-order valence-electron chi connectivity index (χ4n) is 1.06. The number of nitrogens with zero attached hydrogens (tertiary/aromatic N) is 1. The van der Waals surface area contributed by atoms with Crippen LogP contribution in [0.25, 0.3) is 0 Å². The van der Waals surface area contributed by atoms with Crippen LogP contribution in [0.4, 0.5) is 11.6 Å². The van der Waals surface area contributed by atoms with Crippen LogP contribution >= 0.6 is 0 Å². The second-order valence-corrected chi connectivity index (χ2v) is 2.53. The molecule has 0 amide bonds. The summed E-state index contributed by atoms with van der Waals surface area (Å²) in [5, 5.41) is 0. The molecule has 4 heteroatoms. The molecule has 4 nitrogen and oxygen atoms in total. The Balaban J connectivity index is 2.50. The Hall–Kier alpha value is -1.16. The normalized spacial score (nSPS) is 10.4. The van der Waals surface area contributed by atoms with Gasteiger partial charge < -0.3 is 20.8 Å². The van der Waals surface area contributed by atoms with Crippen molar-refractivity contribution in [2.24, 2.45) is 0 Å². The number of aromatic nitrogens is 1. The molecule has 1 heterocycles. The fraction of sp³-hybridized carbons (Fsp3) is 0.500. The molecule has 1 aromatic heterocycles. The second-order valence-electron chi connectivity index (χ2n) is 2.53. The first-order chi connectivity index (χ1) is 5.75. The summed E-state index contributed by atoms with van der Waals surface area (Å²) in [7, 11) is 0. The molecule has 0 aliphatic rings. The van der Waals surface area contributed by atoms with Crippen LogP contribution in [-0.4, -0.2) is 17.8 Å². The second kappa shape index (κ2) is 4.01. The molecule has 0 atom stereocenters. The van der Waals surface area contributed by atoms with Crippen LogP contribution in [0, 0.1) is 0 Å². The van der Waals surface area contributed by atoms with Crippen LogP contribution in [0.1, 0.15) is 6.92 Å². The first-order valence-electron chi connectivity index (χ1n) is 4.04. The summed E-state index contributed by atoms with van der Waals surface area (Å²) in [6.07, 6.45) is 0. The Kier molecular flexibility index (Phi) is 2.99. The van der Waals surface area contributed by atoms with E-state index < -0.39 is 0 Å². The molecule has 0 aliphatic heterocycles. The molecule has 0 aliphatic carbocycles. The summed E-state index contributed by atoms with van der Waals surface area (Å²) < 4.78 is 7.01. The lowest BCUT2D eigenvalue weighted by Crippen LogP contribution is -2.10. The third-order valence-corrected chi connectivity index (χ3v) is 1.71. The molecule has 0 aromatic carbocycles. The Morgan fingerprint density at radius 1 is 1.33 bits per heavy atom. The average Bonchev–Trinajstić information content (AvgIpc) is 2.35. The van der Waals surface area contributed by atoms with Gasteiger partial charge in [-0.25, -0.2) is 0 Å². The summed E-state index contributed by atoms with van der Waals surface area (Å²) in [6, 6.07) is 3.59. The molecule has 12 heavy (non-hydrogen) atoms. The van der Waals surface area contributed by atoms with Gasteiger partial charge in [0.15, 0.2) is 0 Å². The molecule has 0 radical (unpaired) electrons. The Morgan fingerprint density at radius 2 is 1.92 bits per heavy atom. The molecule has 0 fully saturated rings. The van der Waals surface area contributed by atoms with Crippen LogP contribution in [0.3, 0.4) is 0 Å². The Labute approximate surface area is 72.1 Å². The predicted molar refractivity (Wildman–Crippen MR) is 49.7 cm³/mol. The first-order valence-corrected chi connectivity index (χ1v) is 4.04. The van der Waals surface area contributed by atoms with Gasteiger partial charge in [0.25, 0.3) is 0 Å². The van der Waals surface area contributed by atoms with E-state index >= 15 is 0 Å². The minimum absolute atomic E-state index is 0.652. The zero-order chi connectivity index (χ0) is 8.97. The van der Waals surface area contributed by atoms with E-state index in [0.29, 0.717) is 18.2 Å². The van der Waals surface area contributed by atoms with Crippen molar-refractivity contribution in [3.63, 3.8) is 0 Å². The van der Waals surface area contributed by atoms with Gasteiger partial charge in [-0.2, -0.15) is 0 Å². The molecule has 68 valence electrons. The lowest BCUT2D eigenvalue weighted by atomic mass is 10.6. The highest BCUT2D eigenvalue weighted by atomic mass is 16.5. The first kappa shape index (κ1) is 8.93. The van der Waals surface area contributed by atoms with Gasteiger partial charge in [0, 0.05) is 13.2 Å². The minimum Gasteiger partial charge on any atom is -0.385 e. The number of hydrogen-bond donors (Lipinski definition) is 2. The van der Waals surface area contributed by atoms with Gasteiger partial charge in [0.05, 0.1) is 6.61 Å². The lowest BCUT2D eigenvalue weighted by molar-refractivity contribution is 0.140. The monoisotopic (exact) mass is 169 g/mol. The molecular weight excluding hydrogens is 154 g/mol. The van der Waals surface area contributed by atoms with Crippen molar-refractivity contribution in [3.8, 4) is 0 Å². The van der Waals surface area contributed by atoms with E-state index in [-0.39, 0.29) is 0 Å². The van der Waals surface area contributed by atoms with Gasteiger partial charge in [-0.05, 0) is 19.1 Å². The van der Waals surface area contributed by atoms with Gasteiger partial charge in [0.2, 0.25) is 0 Å². The van der Waals surface area contributed by atoms with Gasteiger partial charge in [-0.15, -0.1) is 0 Å². The largest absolute Gasteiger partial charge is 0.385 e. The van der Waals surface area contributed by atoms with Crippen LogP contribution in [-0.2, 0) is 11.3 Å². The molecular formula is C8H15N3O. The fourth-order valence-corrected chi connectivity index (χ4v) is 1.06. The highest BCUT2D eigenvalue weighted by Gasteiger charge is 2.00. The van der Waals surface area contributed by atoms with Crippen molar-refractivity contribution in [3.05, 3.63) is 12.1 Å². The summed E-state index contributed by atoms with van der Waals surface area (Å²) in [4.78, 5) is 0. The average molecular weight is 169 g/mol. The predicted octanol–water partition coefficient (Wildman–Crippen LogP) is 0.689. The maximum atomic E-state index is 5.65. The van der Waals surface area contributed by atoms with E-state index in [1.807, 2.05) is 11.5 Å². The molecule has 0 bridgehead atoms. The topological polar surface area (TPSA) is 66.2 Å². The maximum Gasteiger partial charge on any atom is 0.104 e. The van der Waals surface area contributed by atoms with E-state index in [1.54, 1.807) is 12.1 Å². The third kappa shape index (κ3) is 1.92. The number of anilines is 2. The van der Waals surface area contributed by atoms with Crippen LogP contribution in [0.2, 0.25) is 0 Å². The Morgan fingerprint density at radius 3 is 2.42 bits per heavy atom. The van der Waals surface area contributed by atoms with E-state index in [0.717, 1.165) is 13.2 Å². The number of nitrogens with two attached hydrogens (primary N) is 2. The Bertz CT molecular complexity index is 225. The summed E-state index contributed by atoms with van der Waals surface area (Å²) >= 11 is 0. The molecule has 0 saturated carbocycles. The zero-order valence-electron chi connectivity index (χ0n) is 7.29. The van der Waals surface area contributed by atoms with Gasteiger partial charge in [-0.1, -0.05) is 0 Å². The lowest BCUT2D eigenvalue weighted by Gasteiger charge is -2.07. The van der Waals surface area contributed by atoms with E-state index in [1.165, 1.54) is 0 Å². The van der Waals surface area contributed by atoms with Crippen molar-refractivity contribution in [1.82, 2.24) is 4.57 Å². The van der Waals surface area contributed by atoms with Crippen LogP contribution < -0.4 is 11.5 Å².